The molecule has 1 heterocycles. The zero-order chi connectivity index (χ0) is 10.1. The third kappa shape index (κ3) is 1.38. The third-order valence-electron chi connectivity index (χ3n) is 2.43. The molecule has 0 atom stereocenters. The molecule has 0 radical (unpaired) electrons. The Hall–Kier alpha value is -1.09. The number of aryl methyl sites for hydroxylation is 1. The van der Waals surface area contributed by atoms with E-state index < -0.39 is 0 Å². The lowest BCUT2D eigenvalue weighted by Gasteiger charge is -2.02. The summed E-state index contributed by atoms with van der Waals surface area (Å²) in [6.07, 6.45) is 2.86. The first-order valence-corrected chi connectivity index (χ1v) is 5.21. The van der Waals surface area contributed by atoms with Gasteiger partial charge in [0, 0.05) is 21.6 Å². The minimum atomic E-state index is 0.421. The van der Waals surface area contributed by atoms with Gasteiger partial charge in [0.05, 0.1) is 6.54 Å². The molecular weight excluding hydrogens is 242 g/mol. The molecule has 14 heavy (non-hydrogen) atoms. The summed E-state index contributed by atoms with van der Waals surface area (Å²) in [7, 11) is 0. The van der Waals surface area contributed by atoms with Crippen LogP contribution >= 0.6 is 15.9 Å². The topological polar surface area (TPSA) is 22.0 Å². The van der Waals surface area contributed by atoms with Gasteiger partial charge in [-0.25, -0.2) is 0 Å². The number of aromatic nitrogens is 1. The van der Waals surface area contributed by atoms with Gasteiger partial charge >= 0.3 is 0 Å². The smallest absolute Gasteiger partial charge is 0.139 e. The first-order chi connectivity index (χ1) is 6.74. The van der Waals surface area contributed by atoms with E-state index in [9.17, 15) is 4.79 Å². The molecule has 0 unspecified atom stereocenters. The highest BCUT2D eigenvalue weighted by molar-refractivity contribution is 9.10. The minimum Gasteiger partial charge on any atom is -0.340 e. The van der Waals surface area contributed by atoms with Gasteiger partial charge in [0.2, 0.25) is 0 Å². The number of carbonyl (C=O) groups excluding carboxylic acids is 1. The zero-order valence-corrected chi connectivity index (χ0v) is 9.41. The summed E-state index contributed by atoms with van der Waals surface area (Å²) < 4.78 is 3.05. The number of fused-ring (bicyclic) bond motifs is 1. The van der Waals surface area contributed by atoms with E-state index in [0.29, 0.717) is 6.54 Å². The fourth-order valence-electron chi connectivity index (χ4n) is 1.63. The second-order valence-electron chi connectivity index (χ2n) is 3.24. The number of nitrogens with zero attached hydrogens (tertiary/aromatic N) is 1. The third-order valence-corrected chi connectivity index (χ3v) is 3.29. The van der Waals surface area contributed by atoms with Crippen LogP contribution in [0.4, 0.5) is 0 Å². The molecule has 1 aromatic carbocycles. The summed E-state index contributed by atoms with van der Waals surface area (Å²) in [6, 6.07) is 6.08. The average Bonchev–Trinajstić information content (AvgIpc) is 2.57. The van der Waals surface area contributed by atoms with Gasteiger partial charge in [-0.05, 0) is 30.7 Å². The molecule has 0 spiro atoms. The number of benzene rings is 1. The minimum absolute atomic E-state index is 0.421. The van der Waals surface area contributed by atoms with Gasteiger partial charge in [-0.15, -0.1) is 0 Å². The SMILES string of the molecule is Cc1c(Br)ccc2c1ccn2CC=O. The number of hydrogen-bond acceptors (Lipinski definition) is 1. The Balaban J connectivity index is 2.70. The monoisotopic (exact) mass is 251 g/mol. The van der Waals surface area contributed by atoms with Crippen molar-refractivity contribution in [1.82, 2.24) is 4.57 Å². The van der Waals surface area contributed by atoms with Crippen molar-refractivity contribution < 1.29 is 4.79 Å². The van der Waals surface area contributed by atoms with Gasteiger partial charge in [0.1, 0.15) is 6.29 Å². The molecule has 0 aliphatic carbocycles. The van der Waals surface area contributed by atoms with Crippen molar-refractivity contribution in [3.05, 3.63) is 34.4 Å². The molecule has 1 aromatic heterocycles. The molecule has 0 aliphatic heterocycles. The summed E-state index contributed by atoms with van der Waals surface area (Å²) in [5, 5.41) is 1.20. The lowest BCUT2D eigenvalue weighted by molar-refractivity contribution is -0.108. The highest BCUT2D eigenvalue weighted by Crippen LogP contribution is 2.26. The highest BCUT2D eigenvalue weighted by atomic mass is 79.9. The standard InChI is InChI=1S/C11H10BrNO/c1-8-9-4-5-13(6-7-14)11(9)3-2-10(8)12/h2-5,7H,6H2,1H3. The van der Waals surface area contributed by atoms with E-state index in [1.165, 1.54) is 10.9 Å². The summed E-state index contributed by atoms with van der Waals surface area (Å²) in [5.74, 6) is 0. The molecule has 0 aliphatic rings. The van der Waals surface area contributed by atoms with Crippen molar-refractivity contribution in [2.75, 3.05) is 0 Å². The first kappa shape index (κ1) is 9.46. The van der Waals surface area contributed by atoms with Crippen LogP contribution in [0.2, 0.25) is 0 Å². The van der Waals surface area contributed by atoms with Crippen molar-refractivity contribution >= 4 is 33.1 Å². The van der Waals surface area contributed by atoms with E-state index in [1.807, 2.05) is 29.0 Å². The second kappa shape index (κ2) is 3.58. The van der Waals surface area contributed by atoms with Gasteiger partial charge in [-0.1, -0.05) is 15.9 Å². The second-order valence-corrected chi connectivity index (χ2v) is 4.09. The van der Waals surface area contributed by atoms with Crippen LogP contribution in [0.25, 0.3) is 10.9 Å². The molecular formula is C11H10BrNO. The summed E-state index contributed by atoms with van der Waals surface area (Å²) in [6.45, 7) is 2.49. The fourth-order valence-corrected chi connectivity index (χ4v) is 1.98. The molecule has 0 bridgehead atoms. The maximum absolute atomic E-state index is 10.4. The molecule has 0 N–H and O–H groups in total. The quantitative estimate of drug-likeness (QED) is 0.753. The fraction of sp³-hybridized carbons (Fsp3) is 0.182. The van der Waals surface area contributed by atoms with Crippen LogP contribution in [0.1, 0.15) is 5.56 Å². The van der Waals surface area contributed by atoms with Crippen LogP contribution in [-0.2, 0) is 11.3 Å². The molecule has 0 saturated heterocycles. The van der Waals surface area contributed by atoms with E-state index >= 15 is 0 Å². The van der Waals surface area contributed by atoms with E-state index in [4.69, 9.17) is 0 Å². The maximum Gasteiger partial charge on any atom is 0.139 e. The predicted molar refractivity (Wildman–Crippen MR) is 60.4 cm³/mol. The Morgan fingerprint density at radius 3 is 2.93 bits per heavy atom. The van der Waals surface area contributed by atoms with E-state index in [1.54, 1.807) is 0 Å². The van der Waals surface area contributed by atoms with E-state index in [2.05, 4.69) is 22.9 Å². The molecule has 0 saturated carbocycles. The van der Waals surface area contributed by atoms with Crippen LogP contribution in [0.3, 0.4) is 0 Å². The van der Waals surface area contributed by atoms with Gasteiger partial charge in [-0.2, -0.15) is 0 Å². The lowest BCUT2D eigenvalue weighted by Crippen LogP contribution is -1.96. The Kier molecular flexibility index (Phi) is 2.42. The number of hydrogen-bond donors (Lipinski definition) is 0. The average molecular weight is 252 g/mol. The molecule has 72 valence electrons. The van der Waals surface area contributed by atoms with Crippen molar-refractivity contribution in [3.8, 4) is 0 Å². The summed E-state index contributed by atoms with van der Waals surface area (Å²) in [5.41, 5.74) is 2.32. The van der Waals surface area contributed by atoms with E-state index in [-0.39, 0.29) is 0 Å². The van der Waals surface area contributed by atoms with Crippen LogP contribution in [0.5, 0.6) is 0 Å². The van der Waals surface area contributed by atoms with Crippen LogP contribution < -0.4 is 0 Å². The Labute approximate surface area is 90.7 Å². The molecule has 0 fully saturated rings. The normalized spacial score (nSPS) is 10.7. The Morgan fingerprint density at radius 2 is 2.21 bits per heavy atom. The summed E-state index contributed by atoms with van der Waals surface area (Å²) in [4.78, 5) is 10.4. The van der Waals surface area contributed by atoms with Crippen LogP contribution in [0, 0.1) is 6.92 Å². The van der Waals surface area contributed by atoms with Gasteiger partial charge in [0.25, 0.3) is 0 Å². The van der Waals surface area contributed by atoms with Crippen LogP contribution in [-0.4, -0.2) is 10.9 Å². The zero-order valence-electron chi connectivity index (χ0n) is 7.83. The molecule has 2 aromatic rings. The largest absolute Gasteiger partial charge is 0.340 e. The maximum atomic E-state index is 10.4. The molecule has 2 nitrogen and oxygen atoms in total. The predicted octanol–water partition coefficient (Wildman–Crippen LogP) is 2.91. The van der Waals surface area contributed by atoms with Crippen molar-refractivity contribution in [2.45, 2.75) is 13.5 Å². The number of halogens is 1. The molecule has 0 amide bonds. The Morgan fingerprint density at radius 1 is 1.43 bits per heavy atom. The Bertz CT molecular complexity index is 487. The van der Waals surface area contributed by atoms with Gasteiger partial charge in [0.15, 0.2) is 0 Å². The summed E-state index contributed by atoms with van der Waals surface area (Å²) >= 11 is 3.49. The molecule has 2 rings (SSSR count). The first-order valence-electron chi connectivity index (χ1n) is 4.41. The number of aldehydes is 1. The lowest BCUT2D eigenvalue weighted by atomic mass is 10.1. The molecule has 3 heteroatoms. The number of carbonyl (C=O) groups is 1. The highest BCUT2D eigenvalue weighted by Gasteiger charge is 2.04. The van der Waals surface area contributed by atoms with Crippen molar-refractivity contribution in [3.63, 3.8) is 0 Å². The van der Waals surface area contributed by atoms with Crippen molar-refractivity contribution in [2.24, 2.45) is 0 Å². The van der Waals surface area contributed by atoms with Crippen LogP contribution in [0.15, 0.2) is 28.9 Å². The number of rotatable bonds is 2. The van der Waals surface area contributed by atoms with Gasteiger partial charge < -0.3 is 9.36 Å². The van der Waals surface area contributed by atoms with E-state index in [0.717, 1.165) is 16.3 Å². The van der Waals surface area contributed by atoms with Crippen molar-refractivity contribution in [1.29, 1.82) is 0 Å². The van der Waals surface area contributed by atoms with Gasteiger partial charge in [-0.3, -0.25) is 0 Å².